The quantitative estimate of drug-likeness (QED) is 0.718. The van der Waals surface area contributed by atoms with Crippen molar-refractivity contribution >= 4 is 0 Å². The molecular formula is C15H30N2O3. The van der Waals surface area contributed by atoms with E-state index in [1.165, 1.54) is 0 Å². The highest BCUT2D eigenvalue weighted by Gasteiger charge is 2.03. The zero-order valence-electron chi connectivity index (χ0n) is 12.6. The van der Waals surface area contributed by atoms with Gasteiger partial charge in [-0.05, 0) is 25.3 Å². The summed E-state index contributed by atoms with van der Waals surface area (Å²) < 4.78 is 16.6. The fourth-order valence-electron chi connectivity index (χ4n) is 1.89. The molecule has 2 radical (unpaired) electrons. The molecule has 1 heterocycles. The lowest BCUT2D eigenvalue weighted by atomic mass is 10.0. The fourth-order valence-corrected chi connectivity index (χ4v) is 1.89. The van der Waals surface area contributed by atoms with E-state index in [1.54, 1.807) is 0 Å². The van der Waals surface area contributed by atoms with E-state index in [0.29, 0.717) is 32.3 Å². The molecule has 0 aliphatic carbocycles. The summed E-state index contributed by atoms with van der Waals surface area (Å²) in [4.78, 5) is 1.98. The molecule has 0 saturated carbocycles. The molecule has 1 rings (SSSR count). The van der Waals surface area contributed by atoms with E-state index >= 15 is 0 Å². The maximum atomic E-state index is 5.56. The maximum Gasteiger partial charge on any atom is 0.0701 e. The summed E-state index contributed by atoms with van der Waals surface area (Å²) in [5.41, 5.74) is 0. The van der Waals surface area contributed by atoms with Crippen LogP contribution in [0.15, 0.2) is 0 Å². The van der Waals surface area contributed by atoms with Crippen LogP contribution in [0.4, 0.5) is 0 Å². The second-order valence-corrected chi connectivity index (χ2v) is 5.15. The Balaban J connectivity index is 2.16. The summed E-state index contributed by atoms with van der Waals surface area (Å²) in [7, 11) is 3.96. The molecule has 1 aliphatic rings. The summed E-state index contributed by atoms with van der Waals surface area (Å²) in [6.07, 6.45) is 2.08. The van der Waals surface area contributed by atoms with Gasteiger partial charge < -0.3 is 19.5 Å². The Bertz CT molecular complexity index is 175. The molecule has 0 amide bonds. The molecule has 1 unspecified atom stereocenters. The van der Waals surface area contributed by atoms with Crippen molar-refractivity contribution in [2.75, 3.05) is 65.8 Å². The van der Waals surface area contributed by atoms with Gasteiger partial charge >= 0.3 is 0 Å². The lowest BCUT2D eigenvalue weighted by Crippen LogP contribution is -2.28. The highest BCUT2D eigenvalue weighted by molar-refractivity contribution is 4.63. The number of ether oxygens (including phenoxy) is 3. The first-order valence-corrected chi connectivity index (χ1v) is 7.61. The van der Waals surface area contributed by atoms with E-state index in [1.807, 2.05) is 4.90 Å². The van der Waals surface area contributed by atoms with Crippen LogP contribution in [0.1, 0.15) is 12.8 Å². The van der Waals surface area contributed by atoms with E-state index < -0.39 is 0 Å². The first kappa shape index (κ1) is 17.9. The van der Waals surface area contributed by atoms with E-state index in [-0.39, 0.29) is 0 Å². The van der Waals surface area contributed by atoms with Gasteiger partial charge in [-0.25, -0.2) is 0 Å². The Labute approximate surface area is 123 Å². The monoisotopic (exact) mass is 286 g/mol. The standard InChI is InChI=1S/C15H30N2O3/c1-15-3-5-16-6-10-19-11-7-17(2)8-12-20-14-13-18-9-4-15/h15-16H,1-14H2. The van der Waals surface area contributed by atoms with Crippen molar-refractivity contribution in [2.24, 2.45) is 5.92 Å². The van der Waals surface area contributed by atoms with E-state index in [4.69, 9.17) is 14.2 Å². The molecule has 1 N–H and O–H groups in total. The summed E-state index contributed by atoms with van der Waals surface area (Å²) in [5.74, 6) is 0.447. The van der Waals surface area contributed by atoms with Gasteiger partial charge in [0, 0.05) is 33.3 Å². The average Bonchev–Trinajstić information content (AvgIpc) is 2.43. The Morgan fingerprint density at radius 1 is 0.800 bits per heavy atom. The third-order valence-corrected chi connectivity index (χ3v) is 3.30. The zero-order valence-corrected chi connectivity index (χ0v) is 12.6. The van der Waals surface area contributed by atoms with Crippen LogP contribution in [0, 0.1) is 19.9 Å². The lowest BCUT2D eigenvalue weighted by Gasteiger charge is -2.17. The van der Waals surface area contributed by atoms with Gasteiger partial charge in [-0.15, -0.1) is 0 Å². The smallest absolute Gasteiger partial charge is 0.0701 e. The van der Waals surface area contributed by atoms with Crippen molar-refractivity contribution in [3.8, 4) is 0 Å². The SMILES string of the molecule is [CH2]C1CCNCCOCCN([CH2])CCOCCOCC1. The van der Waals surface area contributed by atoms with Crippen LogP contribution in [0.2, 0.25) is 0 Å². The number of hydrogen-bond acceptors (Lipinski definition) is 5. The van der Waals surface area contributed by atoms with Crippen LogP contribution in [0.5, 0.6) is 0 Å². The van der Waals surface area contributed by atoms with Gasteiger partial charge in [0.15, 0.2) is 0 Å². The van der Waals surface area contributed by atoms with Crippen molar-refractivity contribution in [1.82, 2.24) is 10.2 Å². The molecule has 1 saturated heterocycles. The minimum atomic E-state index is 0.447. The highest BCUT2D eigenvalue weighted by Crippen LogP contribution is 2.05. The maximum absolute atomic E-state index is 5.56. The van der Waals surface area contributed by atoms with Crippen molar-refractivity contribution in [2.45, 2.75) is 12.8 Å². The Hall–Kier alpha value is -0.200. The number of nitrogens with one attached hydrogen (secondary N) is 1. The lowest BCUT2D eigenvalue weighted by molar-refractivity contribution is 0.0356. The number of nitrogens with zero attached hydrogens (tertiary/aromatic N) is 1. The first-order chi connectivity index (χ1) is 9.79. The molecule has 1 aliphatic heterocycles. The molecule has 1 atom stereocenters. The summed E-state index contributed by atoms with van der Waals surface area (Å²) >= 11 is 0. The van der Waals surface area contributed by atoms with E-state index in [0.717, 1.165) is 52.2 Å². The predicted octanol–water partition coefficient (Wildman–Crippen LogP) is 0.963. The zero-order chi connectivity index (χ0) is 14.5. The third kappa shape index (κ3) is 10.6. The first-order valence-electron chi connectivity index (χ1n) is 7.61. The van der Waals surface area contributed by atoms with Crippen molar-refractivity contribution in [1.29, 1.82) is 0 Å². The van der Waals surface area contributed by atoms with Crippen LogP contribution >= 0.6 is 0 Å². The van der Waals surface area contributed by atoms with Gasteiger partial charge in [0.25, 0.3) is 0 Å². The topological polar surface area (TPSA) is 43.0 Å². The normalized spacial score (nSPS) is 27.6. The van der Waals surface area contributed by atoms with E-state index in [9.17, 15) is 0 Å². The molecule has 5 nitrogen and oxygen atoms in total. The van der Waals surface area contributed by atoms with Crippen molar-refractivity contribution in [3.05, 3.63) is 14.0 Å². The molecule has 0 aromatic rings. The molecule has 118 valence electrons. The molecule has 0 aromatic heterocycles. The van der Waals surface area contributed by atoms with Gasteiger partial charge in [0.05, 0.1) is 33.0 Å². The van der Waals surface area contributed by atoms with Crippen LogP contribution < -0.4 is 5.32 Å². The molecule has 5 heteroatoms. The molecule has 0 bridgehead atoms. The van der Waals surface area contributed by atoms with Crippen LogP contribution in [-0.2, 0) is 14.2 Å². The third-order valence-electron chi connectivity index (χ3n) is 3.30. The fraction of sp³-hybridized carbons (Fsp3) is 0.867. The minimum absolute atomic E-state index is 0.447. The molecule has 1 fully saturated rings. The molecule has 20 heavy (non-hydrogen) atoms. The van der Waals surface area contributed by atoms with Gasteiger partial charge in [-0.1, -0.05) is 6.92 Å². The van der Waals surface area contributed by atoms with Crippen molar-refractivity contribution in [3.63, 3.8) is 0 Å². The van der Waals surface area contributed by atoms with Crippen LogP contribution in [0.3, 0.4) is 0 Å². The summed E-state index contributed by atoms with van der Waals surface area (Å²) in [6, 6.07) is 0. The van der Waals surface area contributed by atoms with Gasteiger partial charge in [-0.3, -0.25) is 4.90 Å². The highest BCUT2D eigenvalue weighted by atomic mass is 16.5. The Morgan fingerprint density at radius 3 is 2.20 bits per heavy atom. The minimum Gasteiger partial charge on any atom is -0.379 e. The summed E-state index contributed by atoms with van der Waals surface area (Å²) in [6.45, 7) is 11.9. The molecule has 0 aromatic carbocycles. The summed E-state index contributed by atoms with van der Waals surface area (Å²) in [5, 5.41) is 3.38. The average molecular weight is 286 g/mol. The largest absolute Gasteiger partial charge is 0.379 e. The van der Waals surface area contributed by atoms with Gasteiger partial charge in [0.2, 0.25) is 0 Å². The van der Waals surface area contributed by atoms with Gasteiger partial charge in [-0.2, -0.15) is 0 Å². The Morgan fingerprint density at radius 2 is 1.45 bits per heavy atom. The second-order valence-electron chi connectivity index (χ2n) is 5.15. The van der Waals surface area contributed by atoms with Crippen LogP contribution in [0.25, 0.3) is 0 Å². The molecular weight excluding hydrogens is 256 g/mol. The van der Waals surface area contributed by atoms with E-state index in [2.05, 4.69) is 19.3 Å². The molecule has 0 spiro atoms. The number of rotatable bonds is 0. The van der Waals surface area contributed by atoms with Crippen molar-refractivity contribution < 1.29 is 14.2 Å². The second kappa shape index (κ2) is 12.5. The number of hydrogen-bond donors (Lipinski definition) is 1. The predicted molar refractivity (Wildman–Crippen MR) is 80.3 cm³/mol. The van der Waals surface area contributed by atoms with Gasteiger partial charge in [0.1, 0.15) is 0 Å². The Kier molecular flexibility index (Phi) is 11.2. The van der Waals surface area contributed by atoms with Crippen LogP contribution in [-0.4, -0.2) is 70.7 Å².